The van der Waals surface area contributed by atoms with E-state index in [0.29, 0.717) is 5.54 Å². The predicted molar refractivity (Wildman–Crippen MR) is 536 cm³/mol. The van der Waals surface area contributed by atoms with Crippen LogP contribution < -0.4 is 18.9 Å². The van der Waals surface area contributed by atoms with Gasteiger partial charge in [0, 0.05) is 11.1 Å². The van der Waals surface area contributed by atoms with E-state index in [0.717, 1.165) is 136 Å². The molecule has 16 atom stereocenters. The Kier molecular flexibility index (Phi) is 33.7. The quantitative estimate of drug-likeness (QED) is 0.0472. The Morgan fingerprint density at radius 1 is 0.480 bits per heavy atom. The number of hydrogen-bond donors (Lipinski definition) is 0. The van der Waals surface area contributed by atoms with Gasteiger partial charge in [-0.3, -0.25) is 0 Å². The molecule has 13 aliphatic rings. The number of allylic oxidation sites excluding steroid dienone is 3. The Morgan fingerprint density at radius 3 is 1.43 bits per heavy atom. The van der Waals surface area contributed by atoms with Crippen molar-refractivity contribution in [3.05, 3.63) is 279 Å². The molecule has 16 unspecified atom stereocenters. The first kappa shape index (κ1) is 100. The molecule has 7 fully saturated rings. The van der Waals surface area contributed by atoms with E-state index in [1.807, 2.05) is 43.3 Å². The summed E-state index contributed by atoms with van der Waals surface area (Å²) in [7, 11) is -2.14. The standard InChI is InChI=1S/C29H46Si.C22H23F3O3SSi.C21H23ClSi.C19H26.C19H18.2CH3.2ClH.Li.Zr/c1-4-5-10-21-15-16-24(19-21)30(2,3)28-18-17-26-27(28)20-23-13-9-14-25(23)29(26)22-11-7-6-8-12-22;1-14-12-18-19(21(14)30(2,3)28-29(26,27)22(23,24)25)13-16-10-7-11-17(16)20(18)15-8-5-4-6-9-15;1-14-12-18-19(21(14)23(2,3)22)13-16-10-7-11-17(16)20(18)15-8-5-4-6-9-15;2*1-13-10-16-12-15-8-5-9-17(15)19(18(16)11-13)14-6-3-2-4-7-14;;;;;;/h6-8,11-12,21,23-29H,4-5,9-10,13-20H2,1-3H3;4-6,8-9,12-13,21H,7,10-11H2,1-3H3;4-6,8-9,12-13,21H,7,10-11H2,1-3H3;2-4,6-7,13,15-19H,5,8-12H2,1H3;2-4,6-7,10,12H,5,8-9,11H2,1H3;2*1H3;2*1H;;/q;;;;;2*-1;;;+1;+4/p-2. The van der Waals surface area contributed by atoms with E-state index in [2.05, 4.69) is 206 Å². The first-order valence-electron chi connectivity index (χ1n) is 48.1. The smallest absolute Gasteiger partial charge is 1.00 e. The predicted octanol–water partition coefficient (Wildman–Crippen LogP) is 30.7. The van der Waals surface area contributed by atoms with E-state index < -0.39 is 65.8 Å². The number of aryl methyl sites for hydroxylation is 3. The fraction of sp³-hybridized carbons (Fsp3) is 0.500. The van der Waals surface area contributed by atoms with Gasteiger partial charge >= 0.3 is 72.4 Å². The first-order valence-corrected chi connectivity index (χ1v) is 66.0. The number of alkyl halides is 3. The van der Waals surface area contributed by atoms with E-state index in [9.17, 15) is 21.6 Å². The summed E-state index contributed by atoms with van der Waals surface area (Å²) < 4.78 is 67.5. The molecule has 672 valence electrons. The average Bonchev–Trinajstić information content (AvgIpc) is 1.58. The molecule has 8 aromatic rings. The van der Waals surface area contributed by atoms with Crippen LogP contribution in [-0.2, 0) is 79.8 Å². The Labute approximate surface area is 803 Å². The Hall–Kier alpha value is -4.32. The van der Waals surface area contributed by atoms with Crippen molar-refractivity contribution in [3.8, 4) is 33.4 Å². The minimum absolute atomic E-state index is 0. The zero-order valence-corrected chi connectivity index (χ0v) is 87.4. The second-order valence-electron chi connectivity index (χ2n) is 41.8. The summed E-state index contributed by atoms with van der Waals surface area (Å²) >= 11 is 6.08. The van der Waals surface area contributed by atoms with E-state index in [4.69, 9.17) is 32.0 Å². The molecule has 0 saturated heterocycles. The normalized spacial score (nSPS) is 26.9. The summed E-state index contributed by atoms with van der Waals surface area (Å²) in [4.78, 5) is 0. The van der Waals surface area contributed by atoms with Crippen LogP contribution in [0.2, 0.25) is 50.4 Å². The van der Waals surface area contributed by atoms with Crippen LogP contribution in [0, 0.1) is 74.0 Å². The second kappa shape index (κ2) is 42.7. The Bertz CT molecular complexity index is 5290. The number of benzene rings is 8. The molecular formula is C112H142Cl3F3LiO3SSi3Zr+. The van der Waals surface area contributed by atoms with Crippen LogP contribution in [-0.4, -0.2) is 37.7 Å². The molecule has 0 bridgehead atoms. The van der Waals surface area contributed by atoms with Crippen LogP contribution in [0.1, 0.15) is 270 Å². The maximum absolute atomic E-state index is 13.0. The summed E-state index contributed by atoms with van der Waals surface area (Å²) in [6, 6.07) is 62.1. The third-order valence-corrected chi connectivity index (χ3v) is 46.4. The molecule has 127 heavy (non-hydrogen) atoms. The van der Waals surface area contributed by atoms with Crippen LogP contribution in [0.4, 0.5) is 13.2 Å². The molecule has 0 amide bonds. The van der Waals surface area contributed by atoms with Crippen molar-refractivity contribution in [1.29, 1.82) is 0 Å². The minimum Gasteiger partial charge on any atom is 1.00 e. The Morgan fingerprint density at radius 2 is 0.937 bits per heavy atom. The maximum atomic E-state index is 13.0. The van der Waals surface area contributed by atoms with Gasteiger partial charge in [0.25, 0.3) is 0 Å². The third kappa shape index (κ3) is 21.2. The topological polar surface area (TPSA) is 43.4 Å². The van der Waals surface area contributed by atoms with Gasteiger partial charge in [-0.05, 0) is 343 Å². The van der Waals surface area contributed by atoms with Crippen molar-refractivity contribution < 1.29 is 65.2 Å². The maximum Gasteiger partial charge on any atom is 1.00 e. The monoisotopic (exact) mass is 1910 g/mol. The van der Waals surface area contributed by atoms with Gasteiger partial charge in [0.05, 0.1) is 8.07 Å². The van der Waals surface area contributed by atoms with Crippen molar-refractivity contribution in [3.63, 3.8) is 0 Å². The van der Waals surface area contributed by atoms with Gasteiger partial charge in [0.1, 0.15) is 0 Å². The summed E-state index contributed by atoms with van der Waals surface area (Å²) in [5.41, 5.74) is 28.6. The molecule has 0 N–H and O–H groups in total. The zero-order valence-electron chi connectivity index (χ0n) is 78.8. The molecule has 0 radical (unpaired) electrons. The van der Waals surface area contributed by atoms with Crippen molar-refractivity contribution >= 4 is 80.2 Å². The minimum atomic E-state index is -5.66. The molecule has 7 saturated carbocycles. The van der Waals surface area contributed by atoms with Crippen LogP contribution in [0.5, 0.6) is 0 Å². The van der Waals surface area contributed by atoms with Crippen LogP contribution >= 0.6 is 28.1 Å². The van der Waals surface area contributed by atoms with Gasteiger partial charge in [-0.1, -0.05) is 309 Å². The second-order valence-corrected chi connectivity index (χ2v) is 63.2. The van der Waals surface area contributed by atoms with Crippen molar-refractivity contribution in [1.82, 2.24) is 0 Å². The summed E-state index contributed by atoms with van der Waals surface area (Å²) in [6.45, 7) is 24.5. The number of hydrogen-bond acceptors (Lipinski definition) is 3. The van der Waals surface area contributed by atoms with Crippen LogP contribution in [0.15, 0.2) is 187 Å². The molecule has 0 heterocycles. The van der Waals surface area contributed by atoms with Crippen molar-refractivity contribution in [2.75, 3.05) is 0 Å². The van der Waals surface area contributed by atoms with Gasteiger partial charge < -0.3 is 18.7 Å². The molecule has 15 heteroatoms. The summed E-state index contributed by atoms with van der Waals surface area (Å²) in [6.07, 6.45) is 45.9. The molecule has 3 nitrogen and oxygen atoms in total. The van der Waals surface area contributed by atoms with Crippen LogP contribution in [0.25, 0.3) is 51.6 Å². The summed E-state index contributed by atoms with van der Waals surface area (Å²) in [5.74, 6) is 12.0. The van der Waals surface area contributed by atoms with E-state index in [-0.39, 0.29) is 33.7 Å². The Balaban J connectivity index is 0.000000135. The van der Waals surface area contributed by atoms with Crippen molar-refractivity contribution in [2.24, 2.45) is 59.2 Å². The zero-order chi connectivity index (χ0) is 87.2. The van der Waals surface area contributed by atoms with Gasteiger partial charge in [-0.2, -0.15) is 32.7 Å². The van der Waals surface area contributed by atoms with Gasteiger partial charge in [-0.25, -0.2) is 0 Å². The molecule has 21 rings (SSSR count). The fourth-order valence-corrected chi connectivity index (χ4v) is 41.4. The SMILES string of the molecule is CC1=Cc2c(cc3c(c2-c2ccccc2)CCC3)C1[Si](C)(C)Cl.CC1=Cc2c(cc3c(c2-c2ccccc2)CCC3)C1[Si](C)(C)OS(=O)(=O)C(F)(F)F.CC1=Cc2cc3c(c(-c4ccccc4)c2C1)CCC3.CC1CC2CC3CCCC3C(c3ccccc3)C2C1.CCCCC1CCC([Si](C)(C)C2CCC3C2CC2CCCC2C3c2ccccc2)C1.[CH3-].[CH3-].[Cl][Zr+2][Cl].[Li+]. The van der Waals surface area contributed by atoms with E-state index >= 15 is 0 Å². The molecule has 0 aliphatic heterocycles. The van der Waals surface area contributed by atoms with E-state index in [1.165, 1.54) is 165 Å². The molecule has 8 aromatic carbocycles. The number of unbranched alkanes of at least 4 members (excludes halogenated alkanes) is 1. The van der Waals surface area contributed by atoms with E-state index in [1.54, 1.807) is 103 Å². The molecule has 13 aliphatic carbocycles. The third-order valence-electron chi connectivity index (χ3n) is 33.0. The van der Waals surface area contributed by atoms with Gasteiger partial charge in [-0.15, -0.1) is 0 Å². The average molecular weight is 1910 g/mol. The summed E-state index contributed by atoms with van der Waals surface area (Å²) in [5, 5.41) is 0. The van der Waals surface area contributed by atoms with Crippen molar-refractivity contribution in [2.45, 2.75) is 293 Å². The number of fused-ring (bicyclic) bond motifs is 10. The molecule has 0 aromatic heterocycles. The molecule has 0 spiro atoms. The number of halogens is 6. The van der Waals surface area contributed by atoms with Gasteiger partial charge in [0.2, 0.25) is 8.32 Å². The van der Waals surface area contributed by atoms with Crippen LogP contribution in [0.3, 0.4) is 0 Å². The number of rotatable bonds is 14. The molecular weight excluding hydrogens is 1770 g/mol. The fourth-order valence-electron chi connectivity index (χ4n) is 28.4. The largest absolute Gasteiger partial charge is 1.00 e. The first-order chi connectivity index (χ1) is 59.5. The van der Waals surface area contributed by atoms with Gasteiger partial charge in [0.15, 0.2) is 7.38 Å².